The van der Waals surface area contributed by atoms with Crippen molar-refractivity contribution >= 4 is 11.6 Å². The Morgan fingerprint density at radius 1 is 1.08 bits per heavy atom. The Hall–Kier alpha value is -3.00. The summed E-state index contributed by atoms with van der Waals surface area (Å²) in [6.07, 6.45) is 3.37. The first-order valence-electron chi connectivity index (χ1n) is 8.84. The molecule has 0 aliphatic carbocycles. The highest BCUT2D eigenvalue weighted by Crippen LogP contribution is 2.28. The maximum Gasteiger partial charge on any atom is 0.262 e. The van der Waals surface area contributed by atoms with Gasteiger partial charge in [-0.25, -0.2) is 0 Å². The Bertz CT molecular complexity index is 764. The van der Waals surface area contributed by atoms with Gasteiger partial charge in [0.15, 0.2) is 18.1 Å². The number of nitrogens with one attached hydrogen (secondary N) is 1. The number of aryl methyl sites for hydroxylation is 1. The van der Waals surface area contributed by atoms with Crippen molar-refractivity contribution in [3.63, 3.8) is 0 Å². The van der Waals surface area contributed by atoms with Crippen LogP contribution in [0.5, 0.6) is 11.5 Å². The molecule has 0 heterocycles. The van der Waals surface area contributed by atoms with Gasteiger partial charge in [-0.05, 0) is 49.6 Å². The number of nitrogens with zero attached hydrogens (tertiary/aromatic N) is 1. The lowest BCUT2D eigenvalue weighted by molar-refractivity contribution is -0.118. The summed E-state index contributed by atoms with van der Waals surface area (Å²) in [5.41, 5.74) is 2.48. The Balaban J connectivity index is 1.91. The maximum absolute atomic E-state index is 12.1. The summed E-state index contributed by atoms with van der Waals surface area (Å²) in [4.78, 5) is 12.1. The van der Waals surface area contributed by atoms with E-state index in [2.05, 4.69) is 18.3 Å². The predicted molar refractivity (Wildman–Crippen MR) is 102 cm³/mol. The Labute approximate surface area is 154 Å². The summed E-state index contributed by atoms with van der Waals surface area (Å²) in [6, 6.07) is 14.8. The average molecular weight is 352 g/mol. The molecule has 1 N–H and O–H groups in total. The van der Waals surface area contributed by atoms with Crippen molar-refractivity contribution in [2.75, 3.05) is 18.5 Å². The van der Waals surface area contributed by atoms with Crippen LogP contribution in [0.1, 0.15) is 37.8 Å². The molecule has 0 saturated carbocycles. The van der Waals surface area contributed by atoms with Gasteiger partial charge in [-0.3, -0.25) is 4.79 Å². The van der Waals surface area contributed by atoms with Crippen molar-refractivity contribution in [1.29, 1.82) is 5.26 Å². The Kier molecular flexibility index (Phi) is 7.50. The van der Waals surface area contributed by atoms with E-state index in [9.17, 15) is 4.79 Å². The number of rotatable bonds is 9. The van der Waals surface area contributed by atoms with Crippen molar-refractivity contribution in [2.45, 2.75) is 33.1 Å². The highest BCUT2D eigenvalue weighted by atomic mass is 16.5. The second-order valence-electron chi connectivity index (χ2n) is 5.84. The third-order valence-corrected chi connectivity index (χ3v) is 3.79. The number of benzene rings is 2. The number of ether oxygens (including phenoxy) is 2. The SMILES string of the molecule is CCCCc1ccc(NC(=O)COc2ccc(C#N)cc2OCC)cc1. The van der Waals surface area contributed by atoms with E-state index in [1.807, 2.05) is 31.2 Å². The summed E-state index contributed by atoms with van der Waals surface area (Å²) in [6.45, 7) is 4.32. The molecule has 0 aliphatic heterocycles. The minimum absolute atomic E-state index is 0.135. The number of carbonyl (C=O) groups excluding carboxylic acids is 1. The highest BCUT2D eigenvalue weighted by Gasteiger charge is 2.09. The van der Waals surface area contributed by atoms with Crippen LogP contribution in [-0.2, 0) is 11.2 Å². The second-order valence-corrected chi connectivity index (χ2v) is 5.84. The maximum atomic E-state index is 12.1. The first kappa shape index (κ1) is 19.3. The molecule has 136 valence electrons. The molecule has 1 amide bonds. The zero-order valence-corrected chi connectivity index (χ0v) is 15.2. The average Bonchev–Trinajstić information content (AvgIpc) is 2.66. The van der Waals surface area contributed by atoms with Crippen LogP contribution in [0, 0.1) is 11.3 Å². The first-order valence-corrected chi connectivity index (χ1v) is 8.84. The molecule has 26 heavy (non-hydrogen) atoms. The third-order valence-electron chi connectivity index (χ3n) is 3.79. The van der Waals surface area contributed by atoms with Crippen LogP contribution in [0.3, 0.4) is 0 Å². The number of anilines is 1. The van der Waals surface area contributed by atoms with Gasteiger partial charge >= 0.3 is 0 Å². The molecule has 5 nitrogen and oxygen atoms in total. The topological polar surface area (TPSA) is 71.3 Å². The minimum atomic E-state index is -0.252. The van der Waals surface area contributed by atoms with Crippen molar-refractivity contribution in [3.05, 3.63) is 53.6 Å². The van der Waals surface area contributed by atoms with Crippen LogP contribution in [0.15, 0.2) is 42.5 Å². The van der Waals surface area contributed by atoms with Gasteiger partial charge in [0.05, 0.1) is 18.2 Å². The number of nitriles is 1. The predicted octanol–water partition coefficient (Wildman–Crippen LogP) is 4.32. The molecule has 0 unspecified atom stereocenters. The van der Waals surface area contributed by atoms with E-state index >= 15 is 0 Å². The van der Waals surface area contributed by atoms with Crippen LogP contribution in [0.25, 0.3) is 0 Å². The summed E-state index contributed by atoms with van der Waals surface area (Å²) < 4.78 is 11.0. The molecular formula is C21H24N2O3. The fourth-order valence-electron chi connectivity index (χ4n) is 2.44. The number of unbranched alkanes of at least 4 members (excludes halogenated alkanes) is 1. The van der Waals surface area contributed by atoms with E-state index < -0.39 is 0 Å². The Morgan fingerprint density at radius 3 is 2.50 bits per heavy atom. The van der Waals surface area contributed by atoms with Crippen LogP contribution in [-0.4, -0.2) is 19.1 Å². The molecule has 0 saturated heterocycles. The molecule has 0 aliphatic rings. The van der Waals surface area contributed by atoms with Crippen molar-refractivity contribution in [1.82, 2.24) is 0 Å². The number of amides is 1. The summed E-state index contributed by atoms with van der Waals surface area (Å²) in [7, 11) is 0. The zero-order chi connectivity index (χ0) is 18.8. The van der Waals surface area contributed by atoms with Crippen LogP contribution in [0.2, 0.25) is 0 Å². The van der Waals surface area contributed by atoms with E-state index in [1.165, 1.54) is 5.56 Å². The van der Waals surface area contributed by atoms with Gasteiger partial charge in [0, 0.05) is 11.8 Å². The van der Waals surface area contributed by atoms with Crippen molar-refractivity contribution in [3.8, 4) is 17.6 Å². The normalized spacial score (nSPS) is 10.0. The molecule has 2 aromatic rings. The lowest BCUT2D eigenvalue weighted by Gasteiger charge is -2.12. The van der Waals surface area contributed by atoms with E-state index in [-0.39, 0.29) is 12.5 Å². The van der Waals surface area contributed by atoms with Crippen LogP contribution >= 0.6 is 0 Å². The van der Waals surface area contributed by atoms with Gasteiger partial charge in [0.2, 0.25) is 0 Å². The number of hydrogen-bond acceptors (Lipinski definition) is 4. The molecule has 2 aromatic carbocycles. The fraction of sp³-hybridized carbons (Fsp3) is 0.333. The third kappa shape index (κ3) is 5.82. The van der Waals surface area contributed by atoms with Crippen molar-refractivity contribution in [2.24, 2.45) is 0 Å². The van der Waals surface area contributed by atoms with Gasteiger partial charge in [-0.15, -0.1) is 0 Å². The monoisotopic (exact) mass is 352 g/mol. The quantitative estimate of drug-likeness (QED) is 0.730. The highest BCUT2D eigenvalue weighted by molar-refractivity contribution is 5.91. The molecule has 2 rings (SSSR count). The molecular weight excluding hydrogens is 328 g/mol. The Morgan fingerprint density at radius 2 is 1.85 bits per heavy atom. The van der Waals surface area contributed by atoms with Crippen LogP contribution in [0.4, 0.5) is 5.69 Å². The molecule has 0 spiro atoms. The largest absolute Gasteiger partial charge is 0.490 e. The smallest absolute Gasteiger partial charge is 0.262 e. The molecule has 0 bridgehead atoms. The first-order chi connectivity index (χ1) is 12.7. The lowest BCUT2D eigenvalue weighted by Crippen LogP contribution is -2.20. The van der Waals surface area contributed by atoms with Gasteiger partial charge in [0.1, 0.15) is 0 Å². The molecule has 0 aromatic heterocycles. The van der Waals surface area contributed by atoms with E-state index in [1.54, 1.807) is 18.2 Å². The van der Waals surface area contributed by atoms with E-state index in [0.717, 1.165) is 24.9 Å². The van der Waals surface area contributed by atoms with Crippen LogP contribution < -0.4 is 14.8 Å². The molecule has 0 radical (unpaired) electrons. The number of carbonyl (C=O) groups is 1. The zero-order valence-electron chi connectivity index (χ0n) is 15.2. The minimum Gasteiger partial charge on any atom is -0.490 e. The summed E-state index contributed by atoms with van der Waals surface area (Å²) in [5, 5.41) is 11.8. The molecule has 0 atom stereocenters. The van der Waals surface area contributed by atoms with E-state index in [4.69, 9.17) is 14.7 Å². The fourth-order valence-corrected chi connectivity index (χ4v) is 2.44. The van der Waals surface area contributed by atoms with Gasteiger partial charge in [0.25, 0.3) is 5.91 Å². The lowest BCUT2D eigenvalue weighted by atomic mass is 10.1. The second kappa shape index (κ2) is 10.1. The summed E-state index contributed by atoms with van der Waals surface area (Å²) >= 11 is 0. The van der Waals surface area contributed by atoms with Gasteiger partial charge in [-0.1, -0.05) is 25.5 Å². The number of hydrogen-bond donors (Lipinski definition) is 1. The summed E-state index contributed by atoms with van der Waals surface area (Å²) in [5.74, 6) is 0.647. The van der Waals surface area contributed by atoms with Gasteiger partial charge in [-0.2, -0.15) is 5.26 Å². The molecule has 5 heteroatoms. The van der Waals surface area contributed by atoms with Gasteiger partial charge < -0.3 is 14.8 Å². The molecule has 0 fully saturated rings. The standard InChI is InChI=1S/C21H24N2O3/c1-3-5-6-16-7-10-18(11-8-16)23-21(24)15-26-19-12-9-17(14-22)13-20(19)25-4-2/h7-13H,3-6,15H2,1-2H3,(H,23,24). The van der Waals surface area contributed by atoms with Crippen molar-refractivity contribution < 1.29 is 14.3 Å². The van der Waals surface area contributed by atoms with E-state index in [0.29, 0.717) is 23.7 Å².